The molecule has 0 spiro atoms. The molecule has 0 saturated carbocycles. The van der Waals surface area contributed by atoms with Gasteiger partial charge in [0.05, 0.1) is 3.57 Å². The summed E-state index contributed by atoms with van der Waals surface area (Å²) in [4.78, 5) is 3.76. The second-order valence-electron chi connectivity index (χ2n) is 1.93. The van der Waals surface area contributed by atoms with Gasteiger partial charge in [0.2, 0.25) is 0 Å². The van der Waals surface area contributed by atoms with Crippen LogP contribution in [0.25, 0.3) is 0 Å². The average molecular weight is 507 g/mol. The Kier molecular flexibility index (Phi) is 4.34. The summed E-state index contributed by atoms with van der Waals surface area (Å²) < 4.78 is 26.6. The number of hydrogen-bond donors (Lipinski definition) is 0. The molecule has 0 aromatic carbocycles. The predicted molar refractivity (Wildman–Crippen MR) is 67.3 cm³/mol. The van der Waals surface area contributed by atoms with Crippen molar-refractivity contribution >= 4 is 67.8 Å². The standard InChI is InChI=1S/C6H2F2I3N/c7-6(8)5-4(11)2(9)1-3(10)12-5/h1,6H. The van der Waals surface area contributed by atoms with Crippen LogP contribution in [-0.4, -0.2) is 4.98 Å². The zero-order valence-corrected chi connectivity index (χ0v) is 12.0. The fourth-order valence-electron chi connectivity index (χ4n) is 0.631. The summed E-state index contributed by atoms with van der Waals surface area (Å²) in [6.07, 6.45) is -2.49. The molecule has 1 nitrogen and oxygen atoms in total. The molecule has 0 radical (unpaired) electrons. The molecule has 0 aliphatic rings. The molecule has 0 fully saturated rings. The highest BCUT2D eigenvalue weighted by Crippen LogP contribution is 2.27. The third-order valence-corrected chi connectivity index (χ3v) is 4.68. The molecular formula is C6H2F2I3N. The number of rotatable bonds is 1. The number of hydrogen-bond acceptors (Lipinski definition) is 1. The van der Waals surface area contributed by atoms with Crippen molar-refractivity contribution in [1.29, 1.82) is 0 Å². The summed E-state index contributed by atoms with van der Waals surface area (Å²) in [7, 11) is 0. The zero-order chi connectivity index (χ0) is 9.30. The van der Waals surface area contributed by atoms with Crippen LogP contribution in [0.5, 0.6) is 0 Å². The number of nitrogens with zero attached hydrogens (tertiary/aromatic N) is 1. The van der Waals surface area contributed by atoms with Gasteiger partial charge in [0.1, 0.15) is 9.39 Å². The molecule has 0 aliphatic heterocycles. The Morgan fingerprint density at radius 3 is 2.33 bits per heavy atom. The Hall–Kier alpha value is 1.20. The molecule has 1 heterocycles. The van der Waals surface area contributed by atoms with Crippen molar-refractivity contribution in [3.8, 4) is 0 Å². The van der Waals surface area contributed by atoms with Gasteiger partial charge in [0, 0.05) is 3.57 Å². The quantitative estimate of drug-likeness (QED) is 0.417. The summed E-state index contributed by atoms with van der Waals surface area (Å²) in [5.74, 6) is 0. The Labute approximate surface area is 109 Å². The molecule has 12 heavy (non-hydrogen) atoms. The first-order valence-corrected chi connectivity index (χ1v) is 6.05. The summed E-state index contributed by atoms with van der Waals surface area (Å²) in [5.41, 5.74) is -0.119. The van der Waals surface area contributed by atoms with E-state index in [1.165, 1.54) is 0 Å². The lowest BCUT2D eigenvalue weighted by Gasteiger charge is -2.04. The molecule has 0 atom stereocenters. The van der Waals surface area contributed by atoms with Crippen LogP contribution in [0.2, 0.25) is 0 Å². The highest BCUT2D eigenvalue weighted by molar-refractivity contribution is 14.1. The molecule has 1 aromatic heterocycles. The van der Waals surface area contributed by atoms with E-state index in [1.807, 2.05) is 67.8 Å². The van der Waals surface area contributed by atoms with E-state index in [2.05, 4.69) is 4.98 Å². The van der Waals surface area contributed by atoms with Gasteiger partial charge in [-0.2, -0.15) is 0 Å². The Bertz CT molecular complexity index is 303. The van der Waals surface area contributed by atoms with E-state index in [1.54, 1.807) is 6.07 Å². The van der Waals surface area contributed by atoms with Gasteiger partial charge < -0.3 is 0 Å². The van der Waals surface area contributed by atoms with Gasteiger partial charge in [0.15, 0.2) is 0 Å². The lowest BCUT2D eigenvalue weighted by Crippen LogP contribution is -1.99. The normalized spacial score (nSPS) is 10.8. The monoisotopic (exact) mass is 507 g/mol. The molecule has 0 unspecified atom stereocenters. The number of alkyl halides is 2. The van der Waals surface area contributed by atoms with Crippen molar-refractivity contribution in [3.63, 3.8) is 0 Å². The zero-order valence-electron chi connectivity index (χ0n) is 5.49. The maximum absolute atomic E-state index is 12.3. The SMILES string of the molecule is FC(F)c1nc(I)cc(I)c1I. The summed E-state index contributed by atoms with van der Waals surface area (Å²) >= 11 is 5.84. The van der Waals surface area contributed by atoms with Gasteiger partial charge in [-0.05, 0) is 73.8 Å². The van der Waals surface area contributed by atoms with Crippen LogP contribution in [0.15, 0.2) is 6.07 Å². The van der Waals surface area contributed by atoms with E-state index in [-0.39, 0.29) is 5.69 Å². The average Bonchev–Trinajstić information content (AvgIpc) is 1.96. The maximum Gasteiger partial charge on any atom is 0.281 e. The second-order valence-corrected chi connectivity index (χ2v) is 5.27. The fraction of sp³-hybridized carbons (Fsp3) is 0.167. The van der Waals surface area contributed by atoms with E-state index in [0.29, 0.717) is 7.27 Å². The lowest BCUT2D eigenvalue weighted by atomic mass is 10.4. The molecule has 0 saturated heterocycles. The molecule has 1 aromatic rings. The molecule has 0 aliphatic carbocycles. The smallest absolute Gasteiger partial charge is 0.240 e. The first kappa shape index (κ1) is 11.3. The molecule has 66 valence electrons. The molecule has 0 bridgehead atoms. The van der Waals surface area contributed by atoms with Crippen molar-refractivity contribution in [1.82, 2.24) is 4.98 Å². The van der Waals surface area contributed by atoms with Crippen molar-refractivity contribution in [2.75, 3.05) is 0 Å². The Morgan fingerprint density at radius 2 is 1.83 bits per heavy atom. The van der Waals surface area contributed by atoms with E-state index in [9.17, 15) is 8.78 Å². The first-order chi connectivity index (χ1) is 5.52. The minimum atomic E-state index is -2.49. The minimum Gasteiger partial charge on any atom is -0.240 e. The molecule has 6 heteroatoms. The fourth-order valence-corrected chi connectivity index (χ4v) is 2.88. The van der Waals surface area contributed by atoms with Gasteiger partial charge >= 0.3 is 0 Å². The van der Waals surface area contributed by atoms with E-state index >= 15 is 0 Å². The van der Waals surface area contributed by atoms with Crippen LogP contribution in [0.3, 0.4) is 0 Å². The molecular weight excluding hydrogens is 505 g/mol. The van der Waals surface area contributed by atoms with Crippen LogP contribution in [-0.2, 0) is 0 Å². The van der Waals surface area contributed by atoms with E-state index in [0.717, 1.165) is 3.57 Å². The third kappa shape index (κ3) is 2.59. The predicted octanol–water partition coefficient (Wildman–Crippen LogP) is 3.83. The Morgan fingerprint density at radius 1 is 1.25 bits per heavy atom. The maximum atomic E-state index is 12.3. The van der Waals surface area contributed by atoms with E-state index in [4.69, 9.17) is 0 Å². The van der Waals surface area contributed by atoms with Crippen molar-refractivity contribution < 1.29 is 8.78 Å². The van der Waals surface area contributed by atoms with Crippen molar-refractivity contribution in [2.45, 2.75) is 6.43 Å². The van der Waals surface area contributed by atoms with Crippen LogP contribution < -0.4 is 0 Å². The van der Waals surface area contributed by atoms with E-state index < -0.39 is 6.43 Å². The highest BCUT2D eigenvalue weighted by atomic mass is 127. The highest BCUT2D eigenvalue weighted by Gasteiger charge is 2.16. The first-order valence-electron chi connectivity index (χ1n) is 2.82. The number of aromatic nitrogens is 1. The Balaban J connectivity index is 3.28. The lowest BCUT2D eigenvalue weighted by molar-refractivity contribution is 0.144. The van der Waals surface area contributed by atoms with Crippen LogP contribution in [0, 0.1) is 10.8 Å². The number of halogens is 5. The van der Waals surface area contributed by atoms with Crippen LogP contribution in [0.1, 0.15) is 12.1 Å². The van der Waals surface area contributed by atoms with Gasteiger partial charge in [-0.3, -0.25) is 0 Å². The largest absolute Gasteiger partial charge is 0.281 e. The molecule has 0 N–H and O–H groups in total. The minimum absolute atomic E-state index is 0.119. The van der Waals surface area contributed by atoms with Gasteiger partial charge in [-0.1, -0.05) is 0 Å². The third-order valence-electron chi connectivity index (χ3n) is 1.11. The van der Waals surface area contributed by atoms with Gasteiger partial charge in [-0.25, -0.2) is 13.8 Å². The van der Waals surface area contributed by atoms with Gasteiger partial charge in [0.25, 0.3) is 6.43 Å². The summed E-state index contributed by atoms with van der Waals surface area (Å²) in [6.45, 7) is 0. The van der Waals surface area contributed by atoms with Crippen LogP contribution >= 0.6 is 67.8 Å². The topological polar surface area (TPSA) is 12.9 Å². The van der Waals surface area contributed by atoms with Crippen molar-refractivity contribution in [3.05, 3.63) is 22.6 Å². The summed E-state index contributed by atoms with van der Waals surface area (Å²) in [6, 6.07) is 1.77. The number of pyridine rings is 1. The van der Waals surface area contributed by atoms with Crippen molar-refractivity contribution in [2.24, 2.45) is 0 Å². The van der Waals surface area contributed by atoms with Gasteiger partial charge in [-0.15, -0.1) is 0 Å². The molecule has 0 amide bonds. The van der Waals surface area contributed by atoms with Crippen LogP contribution in [0.4, 0.5) is 8.78 Å². The second kappa shape index (κ2) is 4.62. The summed E-state index contributed by atoms with van der Waals surface area (Å²) in [5, 5.41) is 0. The molecule has 1 rings (SSSR count).